The Morgan fingerprint density at radius 1 is 1.00 bits per heavy atom. The summed E-state index contributed by atoms with van der Waals surface area (Å²) < 4.78 is 0. The zero-order chi connectivity index (χ0) is 20.3. The topological polar surface area (TPSA) is 77.8 Å². The molecule has 0 saturated heterocycles. The van der Waals surface area contributed by atoms with Crippen LogP contribution in [0, 0.1) is 46.3 Å². The zero-order valence-corrected chi connectivity index (χ0v) is 17.9. The number of rotatable bonds is 4. The molecule has 0 bridgehead atoms. The fourth-order valence-electron chi connectivity index (χ4n) is 8.73. The quantitative estimate of drug-likeness (QED) is 0.659. The van der Waals surface area contributed by atoms with E-state index in [4.69, 9.17) is 5.11 Å². The van der Waals surface area contributed by atoms with Gasteiger partial charge in [0.05, 0.1) is 12.2 Å². The predicted octanol–water partition coefficient (Wildman–Crippen LogP) is 4.48. The molecule has 0 amide bonds. The first kappa shape index (κ1) is 20.7. The molecule has 0 aromatic rings. The predicted molar refractivity (Wildman–Crippen MR) is 109 cm³/mol. The van der Waals surface area contributed by atoms with Crippen LogP contribution in [0.5, 0.6) is 0 Å². The number of carboxylic acids is 1. The molecule has 28 heavy (non-hydrogen) atoms. The van der Waals surface area contributed by atoms with Gasteiger partial charge in [0, 0.05) is 6.42 Å². The summed E-state index contributed by atoms with van der Waals surface area (Å²) >= 11 is 0. The molecule has 4 heteroatoms. The molecular weight excluding hydrogens is 352 g/mol. The van der Waals surface area contributed by atoms with E-state index in [9.17, 15) is 15.0 Å². The second kappa shape index (κ2) is 7.27. The molecule has 0 heterocycles. The average molecular weight is 393 g/mol. The van der Waals surface area contributed by atoms with Crippen LogP contribution in [0.15, 0.2) is 0 Å². The molecule has 4 aliphatic carbocycles. The number of aliphatic hydroxyl groups excluding tert-OH is 2. The van der Waals surface area contributed by atoms with E-state index in [1.54, 1.807) is 0 Å². The summed E-state index contributed by atoms with van der Waals surface area (Å²) in [6, 6.07) is 0. The van der Waals surface area contributed by atoms with Crippen LogP contribution in [0.25, 0.3) is 0 Å². The van der Waals surface area contributed by atoms with Gasteiger partial charge in [0.15, 0.2) is 0 Å². The number of hydrogen-bond donors (Lipinski definition) is 3. The Balaban J connectivity index is 1.55. The number of hydrogen-bond acceptors (Lipinski definition) is 3. The summed E-state index contributed by atoms with van der Waals surface area (Å²) in [6.07, 6.45) is 9.19. The lowest BCUT2D eigenvalue weighted by Gasteiger charge is -2.62. The molecule has 0 spiro atoms. The maximum atomic E-state index is 11.2. The van der Waals surface area contributed by atoms with Crippen LogP contribution in [0.2, 0.25) is 0 Å². The highest BCUT2D eigenvalue weighted by atomic mass is 16.4. The first-order valence-electron chi connectivity index (χ1n) is 11.7. The molecular formula is C24H40O4. The van der Waals surface area contributed by atoms with Gasteiger partial charge in [-0.15, -0.1) is 0 Å². The molecule has 4 fully saturated rings. The first-order valence-corrected chi connectivity index (χ1v) is 11.7. The van der Waals surface area contributed by atoms with Crippen molar-refractivity contribution in [2.45, 2.75) is 97.2 Å². The van der Waals surface area contributed by atoms with E-state index in [1.807, 2.05) is 0 Å². The largest absolute Gasteiger partial charge is 0.481 e. The Kier molecular flexibility index (Phi) is 5.36. The molecule has 10 atom stereocenters. The second-order valence-corrected chi connectivity index (χ2v) is 11.4. The Labute approximate surface area is 170 Å². The Bertz CT molecular complexity index is 605. The molecule has 0 aromatic carbocycles. The van der Waals surface area contributed by atoms with Crippen molar-refractivity contribution < 1.29 is 20.1 Å². The monoisotopic (exact) mass is 392 g/mol. The van der Waals surface area contributed by atoms with Gasteiger partial charge in [-0.1, -0.05) is 20.8 Å². The van der Waals surface area contributed by atoms with E-state index in [2.05, 4.69) is 20.8 Å². The molecule has 0 radical (unpaired) electrons. The lowest BCUT2D eigenvalue weighted by Crippen LogP contribution is -2.58. The Hall–Kier alpha value is -0.610. The molecule has 0 aliphatic heterocycles. The van der Waals surface area contributed by atoms with Crippen molar-refractivity contribution in [1.82, 2.24) is 0 Å². The van der Waals surface area contributed by atoms with Crippen molar-refractivity contribution in [1.29, 1.82) is 0 Å². The first-order chi connectivity index (χ1) is 13.2. The molecule has 0 aromatic heterocycles. The van der Waals surface area contributed by atoms with E-state index in [1.165, 1.54) is 25.7 Å². The third-order valence-corrected chi connectivity index (χ3v) is 10.2. The van der Waals surface area contributed by atoms with Gasteiger partial charge in [0.25, 0.3) is 0 Å². The van der Waals surface area contributed by atoms with Crippen LogP contribution >= 0.6 is 0 Å². The van der Waals surface area contributed by atoms with E-state index in [0.717, 1.165) is 32.1 Å². The second-order valence-electron chi connectivity index (χ2n) is 11.4. The number of aliphatic carboxylic acids is 1. The summed E-state index contributed by atoms with van der Waals surface area (Å²) in [5.41, 5.74) is 0.523. The Morgan fingerprint density at radius 2 is 1.68 bits per heavy atom. The van der Waals surface area contributed by atoms with Crippen molar-refractivity contribution >= 4 is 5.97 Å². The van der Waals surface area contributed by atoms with E-state index in [-0.39, 0.29) is 29.5 Å². The van der Waals surface area contributed by atoms with Gasteiger partial charge in [0.1, 0.15) is 0 Å². The number of aliphatic hydroxyl groups is 2. The fourth-order valence-corrected chi connectivity index (χ4v) is 8.73. The summed E-state index contributed by atoms with van der Waals surface area (Å²) in [6.45, 7) is 7.16. The average Bonchev–Trinajstić information content (AvgIpc) is 2.98. The summed E-state index contributed by atoms with van der Waals surface area (Å²) in [5, 5.41) is 30.5. The van der Waals surface area contributed by atoms with Gasteiger partial charge >= 0.3 is 5.97 Å². The third kappa shape index (κ3) is 3.14. The van der Waals surface area contributed by atoms with E-state index < -0.39 is 5.97 Å². The fraction of sp³-hybridized carbons (Fsp3) is 0.958. The number of carbonyl (C=O) groups is 1. The van der Waals surface area contributed by atoms with Crippen LogP contribution in [0.3, 0.4) is 0 Å². The van der Waals surface area contributed by atoms with Gasteiger partial charge in [-0.05, 0) is 104 Å². The molecule has 4 nitrogen and oxygen atoms in total. The molecule has 4 saturated carbocycles. The molecule has 160 valence electrons. The Morgan fingerprint density at radius 3 is 2.39 bits per heavy atom. The maximum absolute atomic E-state index is 11.2. The van der Waals surface area contributed by atoms with Gasteiger partial charge in [-0.25, -0.2) is 0 Å². The van der Waals surface area contributed by atoms with Crippen molar-refractivity contribution in [2.24, 2.45) is 46.3 Å². The van der Waals surface area contributed by atoms with Gasteiger partial charge < -0.3 is 15.3 Å². The van der Waals surface area contributed by atoms with Crippen LogP contribution in [-0.2, 0) is 4.79 Å². The third-order valence-electron chi connectivity index (χ3n) is 10.2. The van der Waals surface area contributed by atoms with Crippen molar-refractivity contribution in [3.63, 3.8) is 0 Å². The minimum Gasteiger partial charge on any atom is -0.481 e. The highest BCUT2D eigenvalue weighted by Crippen LogP contribution is 2.68. The zero-order valence-electron chi connectivity index (χ0n) is 17.9. The molecule has 3 N–H and O–H groups in total. The van der Waals surface area contributed by atoms with Crippen LogP contribution in [0.1, 0.15) is 85.0 Å². The summed E-state index contributed by atoms with van der Waals surface area (Å²) in [5.74, 6) is 2.36. The molecule has 4 rings (SSSR count). The summed E-state index contributed by atoms with van der Waals surface area (Å²) in [7, 11) is 0. The van der Waals surface area contributed by atoms with Crippen molar-refractivity contribution in [3.8, 4) is 0 Å². The van der Waals surface area contributed by atoms with Crippen molar-refractivity contribution in [2.75, 3.05) is 0 Å². The normalized spacial score (nSPS) is 51.7. The highest BCUT2D eigenvalue weighted by molar-refractivity contribution is 5.66. The lowest BCUT2D eigenvalue weighted by molar-refractivity contribution is -0.174. The van der Waals surface area contributed by atoms with E-state index in [0.29, 0.717) is 35.5 Å². The molecule has 4 aliphatic rings. The SMILES string of the molecule is C[C@@H](CCC(=O)O)[C@H]1CC[C@@H]2[C@@H]3[C@H](O)C[C@@H]4C[C@H](O)CC[C@]4(C)[C@@H]3CC[C@@]21C. The van der Waals surface area contributed by atoms with Gasteiger partial charge in [0.2, 0.25) is 0 Å². The van der Waals surface area contributed by atoms with Gasteiger partial charge in [-0.3, -0.25) is 4.79 Å². The van der Waals surface area contributed by atoms with Crippen LogP contribution < -0.4 is 0 Å². The van der Waals surface area contributed by atoms with Crippen LogP contribution in [0.4, 0.5) is 0 Å². The lowest BCUT2D eigenvalue weighted by atomic mass is 9.43. The van der Waals surface area contributed by atoms with E-state index >= 15 is 0 Å². The smallest absolute Gasteiger partial charge is 0.303 e. The standard InChI is InChI=1S/C24H40O4/c1-14(4-7-21(27)28)17-5-6-18-22-19(9-11-24(17,18)3)23(2)10-8-16(25)12-15(23)13-20(22)26/h14-20,22,25-26H,4-13H2,1-3H3,(H,27,28)/t14-,15-,16+,17+,18+,19+,20+,22-,23-,24+/m0/s1. The molecule has 0 unspecified atom stereocenters. The van der Waals surface area contributed by atoms with Crippen LogP contribution in [-0.4, -0.2) is 33.5 Å². The number of fused-ring (bicyclic) bond motifs is 5. The van der Waals surface area contributed by atoms with Crippen molar-refractivity contribution in [3.05, 3.63) is 0 Å². The minimum absolute atomic E-state index is 0.179. The highest BCUT2D eigenvalue weighted by Gasteiger charge is 2.62. The number of carboxylic acid groups (broad SMARTS) is 1. The van der Waals surface area contributed by atoms with Gasteiger partial charge in [-0.2, -0.15) is 0 Å². The maximum Gasteiger partial charge on any atom is 0.303 e. The summed E-state index contributed by atoms with van der Waals surface area (Å²) in [4.78, 5) is 11.1. The minimum atomic E-state index is -0.684.